The Hall–Kier alpha value is -2.02. The number of anilines is 1. The van der Waals surface area contributed by atoms with Gasteiger partial charge in [-0.25, -0.2) is 0 Å². The minimum atomic E-state index is -0.269. The predicted octanol–water partition coefficient (Wildman–Crippen LogP) is 0.799. The molecule has 0 spiro atoms. The Labute approximate surface area is 82.3 Å². The molecule has 1 aromatic carbocycles. The van der Waals surface area contributed by atoms with Gasteiger partial charge in [-0.2, -0.15) is 5.26 Å². The molecule has 0 aliphatic rings. The fourth-order valence-electron chi connectivity index (χ4n) is 1.04. The van der Waals surface area contributed by atoms with Crippen LogP contribution in [0, 0.1) is 11.3 Å². The number of nitrogens with two attached hydrogens (primary N) is 1. The van der Waals surface area contributed by atoms with Crippen LogP contribution in [0.3, 0.4) is 0 Å². The third-order valence-electron chi connectivity index (χ3n) is 1.68. The molecule has 0 aliphatic carbocycles. The summed E-state index contributed by atoms with van der Waals surface area (Å²) in [4.78, 5) is 10.9. The number of amides is 1. The normalized spacial score (nSPS) is 9.07. The SMILES string of the molecule is N#CCC(=O)NCc1cccc(N)c1. The van der Waals surface area contributed by atoms with Crippen LogP contribution in [0.15, 0.2) is 24.3 Å². The number of benzene rings is 1. The van der Waals surface area contributed by atoms with Crippen molar-refractivity contribution in [3.05, 3.63) is 29.8 Å². The highest BCUT2D eigenvalue weighted by molar-refractivity contribution is 5.77. The first-order chi connectivity index (χ1) is 6.72. The monoisotopic (exact) mass is 189 g/mol. The molecule has 14 heavy (non-hydrogen) atoms. The fourth-order valence-corrected chi connectivity index (χ4v) is 1.04. The Bertz CT molecular complexity index is 368. The number of nitrogens with zero attached hydrogens (tertiary/aromatic N) is 1. The Kier molecular flexibility index (Phi) is 3.50. The lowest BCUT2D eigenvalue weighted by atomic mass is 10.2. The molecule has 1 aromatic rings. The summed E-state index contributed by atoms with van der Waals surface area (Å²) in [6.07, 6.45) is -0.109. The summed E-state index contributed by atoms with van der Waals surface area (Å²) in [7, 11) is 0. The average Bonchev–Trinajstić information content (AvgIpc) is 2.15. The number of carbonyl (C=O) groups is 1. The Morgan fingerprint density at radius 2 is 2.36 bits per heavy atom. The van der Waals surface area contributed by atoms with Gasteiger partial charge in [0.15, 0.2) is 0 Å². The average molecular weight is 189 g/mol. The van der Waals surface area contributed by atoms with Gasteiger partial charge >= 0.3 is 0 Å². The maximum atomic E-state index is 10.9. The van der Waals surface area contributed by atoms with Crippen LogP contribution in [-0.2, 0) is 11.3 Å². The quantitative estimate of drug-likeness (QED) is 0.690. The van der Waals surface area contributed by atoms with Crippen LogP contribution >= 0.6 is 0 Å². The predicted molar refractivity (Wildman–Crippen MR) is 52.9 cm³/mol. The minimum Gasteiger partial charge on any atom is -0.399 e. The summed E-state index contributed by atoms with van der Waals surface area (Å²) in [6, 6.07) is 9.03. The second kappa shape index (κ2) is 4.87. The first-order valence-corrected chi connectivity index (χ1v) is 4.20. The van der Waals surface area contributed by atoms with E-state index in [-0.39, 0.29) is 12.3 Å². The van der Waals surface area contributed by atoms with Gasteiger partial charge in [-0.3, -0.25) is 4.79 Å². The van der Waals surface area contributed by atoms with E-state index in [1.165, 1.54) is 0 Å². The van der Waals surface area contributed by atoms with Crippen molar-refractivity contribution in [3.63, 3.8) is 0 Å². The molecule has 3 N–H and O–H groups in total. The molecule has 0 bridgehead atoms. The van der Waals surface area contributed by atoms with E-state index in [0.29, 0.717) is 12.2 Å². The lowest BCUT2D eigenvalue weighted by molar-refractivity contribution is -0.120. The second-order valence-electron chi connectivity index (χ2n) is 2.86. The van der Waals surface area contributed by atoms with E-state index in [1.54, 1.807) is 18.2 Å². The number of hydrogen-bond acceptors (Lipinski definition) is 3. The highest BCUT2D eigenvalue weighted by atomic mass is 16.1. The molecule has 0 fully saturated rings. The molecule has 1 amide bonds. The van der Waals surface area contributed by atoms with Crippen molar-refractivity contribution in [2.75, 3.05) is 5.73 Å². The number of carbonyl (C=O) groups excluding carboxylic acids is 1. The number of rotatable bonds is 3. The third kappa shape index (κ3) is 3.15. The molecule has 0 saturated carbocycles. The van der Waals surface area contributed by atoms with Crippen molar-refractivity contribution in [1.29, 1.82) is 5.26 Å². The van der Waals surface area contributed by atoms with Gasteiger partial charge < -0.3 is 11.1 Å². The minimum absolute atomic E-state index is 0.109. The molecule has 0 atom stereocenters. The topological polar surface area (TPSA) is 78.9 Å². The van der Waals surface area contributed by atoms with Gasteiger partial charge in [-0.1, -0.05) is 12.1 Å². The summed E-state index contributed by atoms with van der Waals surface area (Å²) in [5.74, 6) is -0.269. The van der Waals surface area contributed by atoms with Gasteiger partial charge in [-0.05, 0) is 17.7 Å². The molecular formula is C10H11N3O. The van der Waals surface area contributed by atoms with Crippen LogP contribution in [0.2, 0.25) is 0 Å². The molecule has 0 radical (unpaired) electrons. The van der Waals surface area contributed by atoms with Crippen LogP contribution in [-0.4, -0.2) is 5.91 Å². The van der Waals surface area contributed by atoms with Crippen molar-refractivity contribution >= 4 is 11.6 Å². The summed E-state index contributed by atoms with van der Waals surface area (Å²) < 4.78 is 0. The van der Waals surface area contributed by atoms with Crippen LogP contribution in [0.4, 0.5) is 5.69 Å². The molecule has 0 saturated heterocycles. The fraction of sp³-hybridized carbons (Fsp3) is 0.200. The lowest BCUT2D eigenvalue weighted by Crippen LogP contribution is -2.21. The van der Waals surface area contributed by atoms with Gasteiger partial charge in [0.1, 0.15) is 6.42 Å². The van der Waals surface area contributed by atoms with E-state index in [4.69, 9.17) is 11.0 Å². The van der Waals surface area contributed by atoms with E-state index >= 15 is 0 Å². The smallest absolute Gasteiger partial charge is 0.234 e. The summed E-state index contributed by atoms with van der Waals surface area (Å²) >= 11 is 0. The summed E-state index contributed by atoms with van der Waals surface area (Å²) in [5, 5.41) is 10.9. The van der Waals surface area contributed by atoms with Crippen molar-refractivity contribution < 1.29 is 4.79 Å². The Balaban J connectivity index is 2.46. The van der Waals surface area contributed by atoms with Gasteiger partial charge in [-0.15, -0.1) is 0 Å². The molecule has 0 unspecified atom stereocenters. The molecule has 0 heterocycles. The molecule has 0 aliphatic heterocycles. The second-order valence-corrected chi connectivity index (χ2v) is 2.86. The van der Waals surface area contributed by atoms with E-state index in [9.17, 15) is 4.79 Å². The zero-order chi connectivity index (χ0) is 10.4. The number of nitrogens with one attached hydrogen (secondary N) is 1. The Morgan fingerprint density at radius 1 is 1.57 bits per heavy atom. The number of hydrogen-bond donors (Lipinski definition) is 2. The van der Waals surface area contributed by atoms with Crippen LogP contribution < -0.4 is 11.1 Å². The zero-order valence-corrected chi connectivity index (χ0v) is 7.66. The maximum absolute atomic E-state index is 10.9. The molecule has 4 heteroatoms. The van der Waals surface area contributed by atoms with Crippen molar-refractivity contribution in [1.82, 2.24) is 5.32 Å². The van der Waals surface area contributed by atoms with E-state index < -0.39 is 0 Å². The van der Waals surface area contributed by atoms with Crippen LogP contribution in [0.5, 0.6) is 0 Å². The van der Waals surface area contributed by atoms with E-state index in [0.717, 1.165) is 5.56 Å². The van der Waals surface area contributed by atoms with Gasteiger partial charge in [0.25, 0.3) is 0 Å². The van der Waals surface area contributed by atoms with Crippen LogP contribution in [0.25, 0.3) is 0 Å². The summed E-state index contributed by atoms with van der Waals surface area (Å²) in [5.41, 5.74) is 7.15. The molecule has 4 nitrogen and oxygen atoms in total. The highest BCUT2D eigenvalue weighted by Gasteiger charge is 1.99. The van der Waals surface area contributed by atoms with Gasteiger partial charge in [0.05, 0.1) is 6.07 Å². The first kappa shape index (κ1) is 10.1. The van der Waals surface area contributed by atoms with Gasteiger partial charge in [0, 0.05) is 12.2 Å². The molecule has 0 aromatic heterocycles. The van der Waals surface area contributed by atoms with E-state index in [1.807, 2.05) is 12.1 Å². The first-order valence-electron chi connectivity index (χ1n) is 4.20. The van der Waals surface area contributed by atoms with Crippen molar-refractivity contribution in [2.45, 2.75) is 13.0 Å². The zero-order valence-electron chi connectivity index (χ0n) is 7.66. The maximum Gasteiger partial charge on any atom is 0.234 e. The lowest BCUT2D eigenvalue weighted by Gasteiger charge is -2.03. The largest absolute Gasteiger partial charge is 0.399 e. The number of nitriles is 1. The standard InChI is InChI=1S/C10H11N3O/c11-5-4-10(14)13-7-8-2-1-3-9(12)6-8/h1-3,6H,4,7,12H2,(H,13,14). The van der Waals surface area contributed by atoms with Gasteiger partial charge in [0.2, 0.25) is 5.91 Å². The number of nitrogen functional groups attached to an aromatic ring is 1. The van der Waals surface area contributed by atoms with Crippen molar-refractivity contribution in [3.8, 4) is 6.07 Å². The van der Waals surface area contributed by atoms with E-state index in [2.05, 4.69) is 5.32 Å². The van der Waals surface area contributed by atoms with Crippen LogP contribution in [0.1, 0.15) is 12.0 Å². The van der Waals surface area contributed by atoms with Crippen molar-refractivity contribution in [2.24, 2.45) is 0 Å². The molecular weight excluding hydrogens is 178 g/mol. The Morgan fingerprint density at radius 3 is 3.00 bits per heavy atom. The summed E-state index contributed by atoms with van der Waals surface area (Å²) in [6.45, 7) is 0.408. The molecule has 72 valence electrons. The third-order valence-corrected chi connectivity index (χ3v) is 1.68. The highest BCUT2D eigenvalue weighted by Crippen LogP contribution is 2.05. The molecule has 1 rings (SSSR count).